The van der Waals surface area contributed by atoms with Crippen molar-refractivity contribution >= 4 is 5.97 Å². The third-order valence-corrected chi connectivity index (χ3v) is 2.63. The highest BCUT2D eigenvalue weighted by Crippen LogP contribution is 2.21. The number of furan rings is 1. The minimum Gasteiger partial charge on any atom is -0.480 e. The summed E-state index contributed by atoms with van der Waals surface area (Å²) in [5.41, 5.74) is 0.977. The van der Waals surface area contributed by atoms with E-state index in [1.54, 1.807) is 0 Å². The first kappa shape index (κ1) is 13.7. The zero-order chi connectivity index (χ0) is 13.0. The number of hydrogen-bond donors (Lipinski definition) is 2. The molecule has 0 radical (unpaired) electrons. The Bertz CT molecular complexity index is 386. The molecule has 2 N–H and O–H groups in total. The summed E-state index contributed by atoms with van der Waals surface area (Å²) in [6.45, 7) is 5.78. The molecule has 1 rings (SSSR count). The summed E-state index contributed by atoms with van der Waals surface area (Å²) in [6, 6.07) is 1.10. The molecule has 1 aromatic rings. The van der Waals surface area contributed by atoms with Crippen LogP contribution in [0.15, 0.2) is 10.5 Å². The fraction of sp³-hybridized carbons (Fsp3) is 0.583. The van der Waals surface area contributed by atoms with E-state index >= 15 is 0 Å². The quantitative estimate of drug-likeness (QED) is 0.792. The van der Waals surface area contributed by atoms with Crippen LogP contribution in [0, 0.1) is 13.8 Å². The highest BCUT2D eigenvalue weighted by molar-refractivity contribution is 5.73. The largest absolute Gasteiger partial charge is 0.480 e. The van der Waals surface area contributed by atoms with E-state index in [0.29, 0.717) is 0 Å². The van der Waals surface area contributed by atoms with Gasteiger partial charge in [-0.15, -0.1) is 0 Å². The molecule has 2 atom stereocenters. The molecule has 1 aromatic heterocycles. The van der Waals surface area contributed by atoms with Gasteiger partial charge in [-0.05, 0) is 26.8 Å². The van der Waals surface area contributed by atoms with E-state index in [0.717, 1.165) is 17.1 Å². The Morgan fingerprint density at radius 2 is 2.24 bits per heavy atom. The maximum atomic E-state index is 11.0. The van der Waals surface area contributed by atoms with E-state index < -0.39 is 12.0 Å². The minimum atomic E-state index is -0.920. The molecular weight excluding hydrogens is 222 g/mol. The van der Waals surface area contributed by atoms with Gasteiger partial charge in [0.15, 0.2) is 0 Å². The van der Waals surface area contributed by atoms with Crippen LogP contribution in [0.1, 0.15) is 30.0 Å². The highest BCUT2D eigenvalue weighted by Gasteiger charge is 2.21. The zero-order valence-corrected chi connectivity index (χ0v) is 10.6. The highest BCUT2D eigenvalue weighted by atomic mass is 16.5. The normalized spacial score (nSPS) is 14.6. The maximum absolute atomic E-state index is 11.0. The summed E-state index contributed by atoms with van der Waals surface area (Å²) < 4.78 is 10.3. The molecule has 0 saturated carbocycles. The number of aliphatic carboxylic acids is 1. The lowest BCUT2D eigenvalue weighted by Crippen LogP contribution is -2.41. The number of methoxy groups -OCH3 is 1. The SMILES string of the molecule is COCC(NC(C)c1cc(C)oc1C)C(=O)O. The van der Waals surface area contributed by atoms with Gasteiger partial charge in [-0.1, -0.05) is 0 Å². The minimum absolute atomic E-state index is 0.0938. The van der Waals surface area contributed by atoms with Crippen LogP contribution >= 0.6 is 0 Å². The number of ether oxygens (including phenoxy) is 1. The van der Waals surface area contributed by atoms with Crippen LogP contribution in [0.2, 0.25) is 0 Å². The third kappa shape index (κ3) is 3.57. The third-order valence-electron chi connectivity index (χ3n) is 2.63. The Hall–Kier alpha value is -1.33. The summed E-state index contributed by atoms with van der Waals surface area (Å²) in [6.07, 6.45) is 0. The van der Waals surface area contributed by atoms with Crippen LogP contribution in [0.4, 0.5) is 0 Å². The van der Waals surface area contributed by atoms with Crippen LogP contribution < -0.4 is 5.32 Å². The fourth-order valence-corrected chi connectivity index (χ4v) is 1.83. The van der Waals surface area contributed by atoms with Crippen molar-refractivity contribution < 1.29 is 19.1 Å². The van der Waals surface area contributed by atoms with Crippen LogP contribution in [0.5, 0.6) is 0 Å². The first-order valence-corrected chi connectivity index (χ1v) is 5.50. The van der Waals surface area contributed by atoms with Gasteiger partial charge in [-0.2, -0.15) is 0 Å². The van der Waals surface area contributed by atoms with Crippen LogP contribution in [-0.4, -0.2) is 30.8 Å². The van der Waals surface area contributed by atoms with E-state index in [9.17, 15) is 4.79 Å². The summed E-state index contributed by atoms with van der Waals surface area (Å²) in [7, 11) is 1.48. The Balaban J connectivity index is 2.73. The average Bonchev–Trinajstić information content (AvgIpc) is 2.57. The van der Waals surface area contributed by atoms with E-state index in [-0.39, 0.29) is 12.6 Å². The molecule has 0 fully saturated rings. The maximum Gasteiger partial charge on any atom is 0.323 e. The molecule has 96 valence electrons. The number of nitrogens with one attached hydrogen (secondary N) is 1. The predicted octanol–water partition coefficient (Wildman–Crippen LogP) is 1.65. The monoisotopic (exact) mass is 241 g/mol. The van der Waals surface area contributed by atoms with E-state index in [1.807, 2.05) is 26.8 Å². The Morgan fingerprint density at radius 1 is 1.59 bits per heavy atom. The molecule has 0 aromatic carbocycles. The summed E-state index contributed by atoms with van der Waals surface area (Å²) in [5, 5.41) is 12.0. The molecular formula is C12H19NO4. The van der Waals surface area contributed by atoms with Crippen molar-refractivity contribution in [2.45, 2.75) is 32.9 Å². The van der Waals surface area contributed by atoms with Crippen molar-refractivity contribution in [3.63, 3.8) is 0 Å². The van der Waals surface area contributed by atoms with Crippen LogP contribution in [-0.2, 0) is 9.53 Å². The van der Waals surface area contributed by atoms with Crippen molar-refractivity contribution in [1.29, 1.82) is 0 Å². The fourth-order valence-electron chi connectivity index (χ4n) is 1.83. The van der Waals surface area contributed by atoms with Gasteiger partial charge in [0.1, 0.15) is 17.6 Å². The first-order chi connectivity index (χ1) is 7.95. The number of carboxylic acid groups (broad SMARTS) is 1. The Kier molecular flexibility index (Phi) is 4.72. The summed E-state index contributed by atoms with van der Waals surface area (Å²) >= 11 is 0. The number of carbonyl (C=O) groups is 1. The molecule has 0 saturated heterocycles. The van der Waals surface area contributed by atoms with Crippen LogP contribution in [0.3, 0.4) is 0 Å². The second-order valence-electron chi connectivity index (χ2n) is 4.10. The molecule has 0 aliphatic heterocycles. The van der Waals surface area contributed by atoms with Gasteiger partial charge in [0.25, 0.3) is 0 Å². The van der Waals surface area contributed by atoms with Crippen molar-refractivity contribution in [1.82, 2.24) is 5.32 Å². The lowest BCUT2D eigenvalue weighted by atomic mass is 10.1. The molecule has 0 aliphatic carbocycles. The first-order valence-electron chi connectivity index (χ1n) is 5.50. The summed E-state index contributed by atoms with van der Waals surface area (Å²) in [5.74, 6) is 0.713. The Labute approximate surface area is 101 Å². The topological polar surface area (TPSA) is 71.7 Å². The second-order valence-corrected chi connectivity index (χ2v) is 4.10. The van der Waals surface area contributed by atoms with Gasteiger partial charge >= 0.3 is 5.97 Å². The van der Waals surface area contributed by atoms with Gasteiger partial charge in [-0.25, -0.2) is 0 Å². The molecule has 0 spiro atoms. The number of hydrogen-bond acceptors (Lipinski definition) is 4. The molecule has 1 heterocycles. The van der Waals surface area contributed by atoms with Gasteiger partial charge in [-0.3, -0.25) is 10.1 Å². The zero-order valence-electron chi connectivity index (χ0n) is 10.6. The molecule has 0 amide bonds. The van der Waals surface area contributed by atoms with Crippen molar-refractivity contribution in [2.24, 2.45) is 0 Å². The van der Waals surface area contributed by atoms with Gasteiger partial charge in [0.05, 0.1) is 6.61 Å². The van der Waals surface area contributed by atoms with E-state index in [4.69, 9.17) is 14.3 Å². The molecule has 5 nitrogen and oxygen atoms in total. The van der Waals surface area contributed by atoms with Crippen molar-refractivity contribution in [2.75, 3.05) is 13.7 Å². The van der Waals surface area contributed by atoms with Crippen molar-refractivity contribution in [3.05, 3.63) is 23.2 Å². The van der Waals surface area contributed by atoms with Gasteiger partial charge in [0.2, 0.25) is 0 Å². The van der Waals surface area contributed by atoms with E-state index in [1.165, 1.54) is 7.11 Å². The number of carboxylic acids is 1. The lowest BCUT2D eigenvalue weighted by molar-refractivity contribution is -0.141. The van der Waals surface area contributed by atoms with Gasteiger partial charge in [0, 0.05) is 18.7 Å². The molecule has 2 unspecified atom stereocenters. The number of rotatable bonds is 6. The van der Waals surface area contributed by atoms with Crippen molar-refractivity contribution in [3.8, 4) is 0 Å². The smallest absolute Gasteiger partial charge is 0.323 e. The molecule has 5 heteroatoms. The van der Waals surface area contributed by atoms with E-state index in [2.05, 4.69) is 5.32 Å². The summed E-state index contributed by atoms with van der Waals surface area (Å²) in [4.78, 5) is 11.0. The predicted molar refractivity (Wildman–Crippen MR) is 63.0 cm³/mol. The lowest BCUT2D eigenvalue weighted by Gasteiger charge is -2.19. The number of aryl methyl sites for hydroxylation is 2. The molecule has 17 heavy (non-hydrogen) atoms. The average molecular weight is 241 g/mol. The second kappa shape index (κ2) is 5.84. The van der Waals surface area contributed by atoms with Crippen LogP contribution in [0.25, 0.3) is 0 Å². The molecule has 0 bridgehead atoms. The Morgan fingerprint density at radius 3 is 2.65 bits per heavy atom. The standard InChI is InChI=1S/C12H19NO4/c1-7-5-10(9(3)17-7)8(2)13-11(6-16-4)12(14)15/h5,8,11,13H,6H2,1-4H3,(H,14,15). The molecule has 0 aliphatic rings. The van der Waals surface area contributed by atoms with Gasteiger partial charge < -0.3 is 14.3 Å².